The second kappa shape index (κ2) is 5.86. The summed E-state index contributed by atoms with van der Waals surface area (Å²) in [6.45, 7) is 5.04. The van der Waals surface area contributed by atoms with Gasteiger partial charge in [0.25, 0.3) is 0 Å². The largest absolute Gasteiger partial charge is 0.378 e. The van der Waals surface area contributed by atoms with Gasteiger partial charge in [0, 0.05) is 24.0 Å². The Morgan fingerprint density at radius 3 is 2.61 bits per heavy atom. The Hall–Kier alpha value is -2.05. The fourth-order valence-corrected chi connectivity index (χ4v) is 3.87. The van der Waals surface area contributed by atoms with Crippen LogP contribution in [0.15, 0.2) is 29.6 Å². The molecule has 4 rings (SSSR count). The van der Waals surface area contributed by atoms with Crippen LogP contribution in [0.2, 0.25) is 0 Å². The van der Waals surface area contributed by atoms with Gasteiger partial charge < -0.3 is 9.64 Å². The van der Waals surface area contributed by atoms with Gasteiger partial charge in [-0.25, -0.2) is 14.4 Å². The van der Waals surface area contributed by atoms with Gasteiger partial charge in [-0.1, -0.05) is 12.1 Å². The number of hydrogen-bond acceptors (Lipinski definition) is 5. The van der Waals surface area contributed by atoms with Crippen LogP contribution in [0.5, 0.6) is 0 Å². The molecule has 0 N–H and O–H groups in total. The lowest BCUT2D eigenvalue weighted by Gasteiger charge is -2.28. The van der Waals surface area contributed by atoms with E-state index in [-0.39, 0.29) is 5.82 Å². The first-order valence-electron chi connectivity index (χ1n) is 7.57. The molecule has 0 unspecified atom stereocenters. The summed E-state index contributed by atoms with van der Waals surface area (Å²) in [6, 6.07) is 6.55. The number of hydrogen-bond donors (Lipinski definition) is 0. The molecule has 0 aliphatic carbocycles. The van der Waals surface area contributed by atoms with E-state index in [9.17, 15) is 4.39 Å². The van der Waals surface area contributed by atoms with Crippen molar-refractivity contribution in [2.24, 2.45) is 0 Å². The van der Waals surface area contributed by atoms with Gasteiger partial charge in [0.2, 0.25) is 0 Å². The fourth-order valence-electron chi connectivity index (χ4n) is 2.84. The molecule has 1 aliphatic heterocycles. The van der Waals surface area contributed by atoms with Gasteiger partial charge in [-0.15, -0.1) is 11.3 Å². The lowest BCUT2D eigenvalue weighted by molar-refractivity contribution is 0.122. The second-order valence-corrected chi connectivity index (χ2v) is 6.41. The minimum absolute atomic E-state index is 0.229. The highest BCUT2D eigenvalue weighted by molar-refractivity contribution is 7.18. The molecular weight excluding hydrogens is 313 g/mol. The van der Waals surface area contributed by atoms with Gasteiger partial charge >= 0.3 is 0 Å². The molecule has 118 valence electrons. The maximum Gasteiger partial charge on any atom is 0.150 e. The number of halogens is 1. The lowest BCUT2D eigenvalue weighted by atomic mass is 10.1. The van der Waals surface area contributed by atoms with Gasteiger partial charge in [-0.3, -0.25) is 0 Å². The normalized spacial score (nSPS) is 15.3. The third kappa shape index (κ3) is 2.68. The van der Waals surface area contributed by atoms with E-state index in [2.05, 4.69) is 20.2 Å². The highest BCUT2D eigenvalue weighted by Gasteiger charge is 2.19. The molecule has 0 spiro atoms. The van der Waals surface area contributed by atoms with Gasteiger partial charge in [-0.2, -0.15) is 0 Å². The Morgan fingerprint density at radius 1 is 1.13 bits per heavy atom. The fraction of sp³-hybridized carbons (Fsp3) is 0.294. The standard InChI is InChI=1S/C17H16FN3OS/c1-11-19-15-14(12-2-4-13(18)5-3-12)10-23-16(15)17(20-11)21-6-8-22-9-7-21/h2-5,10H,6-9H2,1H3. The number of nitrogens with zero attached hydrogens (tertiary/aromatic N) is 3. The maximum absolute atomic E-state index is 13.2. The average molecular weight is 329 g/mol. The Balaban J connectivity index is 1.85. The van der Waals surface area contributed by atoms with Crippen molar-refractivity contribution in [2.75, 3.05) is 31.2 Å². The van der Waals surface area contributed by atoms with Crippen LogP contribution < -0.4 is 4.90 Å². The summed E-state index contributed by atoms with van der Waals surface area (Å²) >= 11 is 1.64. The smallest absolute Gasteiger partial charge is 0.150 e. The van der Waals surface area contributed by atoms with Crippen LogP contribution in [0.4, 0.5) is 10.2 Å². The quantitative estimate of drug-likeness (QED) is 0.719. The van der Waals surface area contributed by atoms with Crippen molar-refractivity contribution >= 4 is 27.4 Å². The molecule has 23 heavy (non-hydrogen) atoms. The first kappa shape index (κ1) is 14.5. The van der Waals surface area contributed by atoms with Crippen LogP contribution in [0, 0.1) is 12.7 Å². The van der Waals surface area contributed by atoms with Crippen LogP contribution in [0.3, 0.4) is 0 Å². The molecule has 0 bridgehead atoms. The Kier molecular flexibility index (Phi) is 3.71. The van der Waals surface area contributed by atoms with Crippen molar-refractivity contribution in [3.8, 4) is 11.1 Å². The van der Waals surface area contributed by atoms with Crippen molar-refractivity contribution < 1.29 is 9.13 Å². The maximum atomic E-state index is 13.2. The molecule has 6 heteroatoms. The van der Waals surface area contributed by atoms with Crippen LogP contribution >= 0.6 is 11.3 Å². The molecule has 1 fully saturated rings. The molecule has 0 atom stereocenters. The monoisotopic (exact) mass is 329 g/mol. The van der Waals surface area contributed by atoms with E-state index in [4.69, 9.17) is 4.74 Å². The number of aryl methyl sites for hydroxylation is 1. The summed E-state index contributed by atoms with van der Waals surface area (Å²) in [6.07, 6.45) is 0. The number of aromatic nitrogens is 2. The SMILES string of the molecule is Cc1nc(N2CCOCC2)c2scc(-c3ccc(F)cc3)c2n1. The van der Waals surface area contributed by atoms with Gasteiger partial charge in [-0.05, 0) is 24.6 Å². The van der Waals surface area contributed by atoms with E-state index >= 15 is 0 Å². The minimum Gasteiger partial charge on any atom is -0.378 e. The number of fused-ring (bicyclic) bond motifs is 1. The number of ether oxygens (including phenoxy) is 1. The van der Waals surface area contributed by atoms with Crippen molar-refractivity contribution in [3.63, 3.8) is 0 Å². The van der Waals surface area contributed by atoms with E-state index in [1.54, 1.807) is 23.5 Å². The first-order chi connectivity index (χ1) is 11.2. The molecule has 2 aromatic heterocycles. The molecule has 4 nitrogen and oxygen atoms in total. The molecule has 0 radical (unpaired) electrons. The van der Waals surface area contributed by atoms with E-state index in [0.29, 0.717) is 0 Å². The Bertz CT molecular complexity index is 841. The predicted molar refractivity (Wildman–Crippen MR) is 90.6 cm³/mol. The molecule has 1 aromatic carbocycles. The first-order valence-corrected chi connectivity index (χ1v) is 8.45. The van der Waals surface area contributed by atoms with Crippen molar-refractivity contribution in [2.45, 2.75) is 6.92 Å². The third-order valence-electron chi connectivity index (χ3n) is 3.98. The highest BCUT2D eigenvalue weighted by atomic mass is 32.1. The summed E-state index contributed by atoms with van der Waals surface area (Å²) < 4.78 is 19.7. The van der Waals surface area contributed by atoms with Crippen LogP contribution in [0.1, 0.15) is 5.82 Å². The van der Waals surface area contributed by atoms with Crippen molar-refractivity contribution in [3.05, 3.63) is 41.3 Å². The molecule has 1 saturated heterocycles. The molecule has 3 heterocycles. The van der Waals surface area contributed by atoms with Gasteiger partial charge in [0.1, 0.15) is 11.6 Å². The zero-order chi connectivity index (χ0) is 15.8. The number of rotatable bonds is 2. The van der Waals surface area contributed by atoms with Gasteiger partial charge in [0.05, 0.1) is 23.4 Å². The predicted octanol–water partition coefficient (Wildman–Crippen LogP) is 3.64. The summed E-state index contributed by atoms with van der Waals surface area (Å²) in [5.41, 5.74) is 2.95. The third-order valence-corrected chi connectivity index (χ3v) is 4.94. The van der Waals surface area contributed by atoms with E-state index in [0.717, 1.165) is 59.3 Å². The number of anilines is 1. The molecule has 0 saturated carbocycles. The van der Waals surface area contributed by atoms with Crippen LogP contribution in [-0.2, 0) is 4.74 Å². The lowest BCUT2D eigenvalue weighted by Crippen LogP contribution is -2.36. The molecule has 0 amide bonds. The molecular formula is C17H16FN3OS. The summed E-state index contributed by atoms with van der Waals surface area (Å²) in [7, 11) is 0. The zero-order valence-corrected chi connectivity index (χ0v) is 13.6. The average Bonchev–Trinajstić information content (AvgIpc) is 2.99. The van der Waals surface area contributed by atoms with E-state index in [1.165, 1.54) is 12.1 Å². The second-order valence-electron chi connectivity index (χ2n) is 5.53. The number of thiophene rings is 1. The zero-order valence-electron chi connectivity index (χ0n) is 12.8. The van der Waals surface area contributed by atoms with Crippen molar-refractivity contribution in [1.29, 1.82) is 0 Å². The van der Waals surface area contributed by atoms with Crippen LogP contribution in [-0.4, -0.2) is 36.3 Å². The summed E-state index contributed by atoms with van der Waals surface area (Å²) in [4.78, 5) is 11.5. The van der Waals surface area contributed by atoms with E-state index in [1.807, 2.05) is 6.92 Å². The topological polar surface area (TPSA) is 38.2 Å². The van der Waals surface area contributed by atoms with Crippen LogP contribution in [0.25, 0.3) is 21.3 Å². The summed E-state index contributed by atoms with van der Waals surface area (Å²) in [5.74, 6) is 1.50. The number of benzene rings is 1. The Morgan fingerprint density at radius 2 is 1.87 bits per heavy atom. The van der Waals surface area contributed by atoms with Gasteiger partial charge in [0.15, 0.2) is 5.82 Å². The summed E-state index contributed by atoms with van der Waals surface area (Å²) in [5, 5.41) is 2.08. The highest BCUT2D eigenvalue weighted by Crippen LogP contribution is 2.37. The number of morpholine rings is 1. The Labute approximate surface area is 137 Å². The van der Waals surface area contributed by atoms with E-state index < -0.39 is 0 Å². The minimum atomic E-state index is -0.229. The molecule has 3 aromatic rings. The molecule has 1 aliphatic rings. The van der Waals surface area contributed by atoms with Crippen molar-refractivity contribution in [1.82, 2.24) is 9.97 Å².